The van der Waals surface area contributed by atoms with E-state index in [1.165, 1.54) is 41.7 Å². The second kappa shape index (κ2) is 7.13. The second-order valence-electron chi connectivity index (χ2n) is 6.94. The van der Waals surface area contributed by atoms with Crippen molar-refractivity contribution in [2.45, 2.75) is 25.7 Å². The van der Waals surface area contributed by atoms with E-state index in [-0.39, 0.29) is 5.91 Å². The summed E-state index contributed by atoms with van der Waals surface area (Å²) in [5.74, 6) is -0.195. The molecule has 4 aromatic rings. The summed E-state index contributed by atoms with van der Waals surface area (Å²) in [5.41, 5.74) is 6.90. The number of carbonyl (C=O) groups is 1. The Kier molecular flexibility index (Phi) is 4.33. The third kappa shape index (κ3) is 3.27. The predicted octanol–water partition coefficient (Wildman–Crippen LogP) is 4.88. The van der Waals surface area contributed by atoms with Crippen molar-refractivity contribution in [1.29, 1.82) is 0 Å². The Labute approximate surface area is 166 Å². The first kappa shape index (κ1) is 17.0. The quantitative estimate of drug-likeness (QED) is 0.545. The molecule has 0 bridgehead atoms. The highest BCUT2D eigenvalue weighted by molar-refractivity contribution is 7.14. The molecule has 1 amide bonds. The molecule has 28 heavy (non-hydrogen) atoms. The maximum absolute atomic E-state index is 12.6. The lowest BCUT2D eigenvalue weighted by Crippen LogP contribution is -2.11. The number of aryl methyl sites for hydroxylation is 2. The van der Waals surface area contributed by atoms with Crippen LogP contribution in [0, 0.1) is 0 Å². The first-order chi connectivity index (χ1) is 13.8. The molecule has 1 N–H and O–H groups in total. The summed E-state index contributed by atoms with van der Waals surface area (Å²) in [6.45, 7) is 0. The van der Waals surface area contributed by atoms with E-state index in [1.807, 2.05) is 5.38 Å². The highest BCUT2D eigenvalue weighted by atomic mass is 32.1. The lowest BCUT2D eigenvalue weighted by Gasteiger charge is -2.16. The van der Waals surface area contributed by atoms with Crippen LogP contribution < -0.4 is 5.32 Å². The van der Waals surface area contributed by atoms with E-state index < -0.39 is 0 Å². The van der Waals surface area contributed by atoms with E-state index in [0.29, 0.717) is 16.2 Å². The molecule has 0 saturated carbocycles. The summed E-state index contributed by atoms with van der Waals surface area (Å²) >= 11 is 1.44. The number of hydrogen-bond donors (Lipinski definition) is 1. The Morgan fingerprint density at radius 1 is 0.929 bits per heavy atom. The van der Waals surface area contributed by atoms with Crippen LogP contribution in [0.4, 0.5) is 5.13 Å². The Balaban J connectivity index is 1.36. The largest absolute Gasteiger partial charge is 0.298 e. The van der Waals surface area contributed by atoms with E-state index >= 15 is 0 Å². The molecule has 5 rings (SSSR count). The highest BCUT2D eigenvalue weighted by Gasteiger charge is 2.14. The maximum Gasteiger partial charge on any atom is 0.257 e. The van der Waals surface area contributed by atoms with Gasteiger partial charge in [-0.15, -0.1) is 11.3 Å². The normalized spacial score (nSPS) is 13.3. The van der Waals surface area contributed by atoms with Gasteiger partial charge in [-0.25, -0.2) is 4.98 Å². The van der Waals surface area contributed by atoms with Crippen molar-refractivity contribution in [1.82, 2.24) is 15.0 Å². The Bertz CT molecular complexity index is 1180. The number of nitrogens with zero attached hydrogens (tertiary/aromatic N) is 3. The molecule has 1 aliphatic carbocycles. The van der Waals surface area contributed by atoms with Crippen molar-refractivity contribution in [2.24, 2.45) is 0 Å². The smallest absolute Gasteiger partial charge is 0.257 e. The molecule has 0 unspecified atom stereocenters. The van der Waals surface area contributed by atoms with E-state index in [4.69, 9.17) is 0 Å². The summed E-state index contributed by atoms with van der Waals surface area (Å²) in [4.78, 5) is 25.7. The molecule has 2 aromatic carbocycles. The van der Waals surface area contributed by atoms with E-state index in [0.717, 1.165) is 23.2 Å². The highest BCUT2D eigenvalue weighted by Crippen LogP contribution is 2.29. The first-order valence-corrected chi connectivity index (χ1v) is 10.2. The molecular formula is C22H18N4OS. The van der Waals surface area contributed by atoms with Gasteiger partial charge in [-0.05, 0) is 61.1 Å². The van der Waals surface area contributed by atoms with E-state index in [9.17, 15) is 4.79 Å². The van der Waals surface area contributed by atoms with E-state index in [1.54, 1.807) is 30.6 Å². The van der Waals surface area contributed by atoms with Gasteiger partial charge in [0.05, 0.1) is 16.7 Å². The average Bonchev–Trinajstić information content (AvgIpc) is 3.21. The van der Waals surface area contributed by atoms with Crippen LogP contribution in [0.25, 0.3) is 22.3 Å². The number of amides is 1. The molecule has 0 radical (unpaired) electrons. The minimum atomic E-state index is -0.195. The molecule has 6 heteroatoms. The number of benzene rings is 2. The lowest BCUT2D eigenvalue weighted by atomic mass is 9.90. The number of carbonyl (C=O) groups excluding carboxylic acids is 1. The number of rotatable bonds is 3. The van der Waals surface area contributed by atoms with Gasteiger partial charge in [0, 0.05) is 28.9 Å². The summed E-state index contributed by atoms with van der Waals surface area (Å²) < 4.78 is 0. The Hall–Kier alpha value is -3.12. The zero-order chi connectivity index (χ0) is 18.9. The molecule has 138 valence electrons. The zero-order valence-electron chi connectivity index (χ0n) is 15.2. The molecule has 2 aromatic heterocycles. The third-order valence-corrected chi connectivity index (χ3v) is 5.86. The van der Waals surface area contributed by atoms with Crippen LogP contribution in [0.1, 0.15) is 34.3 Å². The SMILES string of the molecule is O=C(Nc1nc(-c2ccc3c(c2)CCCC3)cs1)c1ccc2nccnc2c1. The first-order valence-electron chi connectivity index (χ1n) is 9.36. The van der Waals surface area contributed by atoms with Gasteiger partial charge in [0.15, 0.2) is 5.13 Å². The zero-order valence-corrected chi connectivity index (χ0v) is 16.0. The molecule has 0 spiro atoms. The Morgan fingerprint density at radius 3 is 2.64 bits per heavy atom. The number of aromatic nitrogens is 3. The summed E-state index contributed by atoms with van der Waals surface area (Å²) in [7, 11) is 0. The van der Waals surface area contributed by atoms with Crippen LogP contribution in [-0.4, -0.2) is 20.9 Å². The van der Waals surface area contributed by atoms with Crippen molar-refractivity contribution >= 4 is 33.4 Å². The number of nitrogens with one attached hydrogen (secondary N) is 1. The molecule has 0 atom stereocenters. The van der Waals surface area contributed by atoms with E-state index in [2.05, 4.69) is 38.5 Å². The van der Waals surface area contributed by atoms with Gasteiger partial charge in [0.2, 0.25) is 0 Å². The molecule has 2 heterocycles. The van der Waals surface area contributed by atoms with Gasteiger partial charge in [-0.2, -0.15) is 0 Å². The fraction of sp³-hybridized carbons (Fsp3) is 0.182. The number of fused-ring (bicyclic) bond motifs is 2. The van der Waals surface area contributed by atoms with Crippen molar-refractivity contribution in [3.05, 3.63) is 70.9 Å². The van der Waals surface area contributed by atoms with Crippen molar-refractivity contribution in [3.8, 4) is 11.3 Å². The standard InChI is InChI=1S/C22H18N4OS/c27-21(17-7-8-18-19(12-17)24-10-9-23-18)26-22-25-20(13-28-22)16-6-5-14-3-1-2-4-15(14)11-16/h5-13H,1-4H2,(H,25,26,27). The topological polar surface area (TPSA) is 67.8 Å². The second-order valence-corrected chi connectivity index (χ2v) is 7.80. The molecule has 0 saturated heterocycles. The van der Waals surface area contributed by atoms with Crippen LogP contribution in [0.3, 0.4) is 0 Å². The van der Waals surface area contributed by atoms with Crippen LogP contribution in [0.2, 0.25) is 0 Å². The minimum Gasteiger partial charge on any atom is -0.298 e. The number of thiazole rings is 1. The molecule has 1 aliphatic rings. The van der Waals surface area contributed by atoms with Crippen LogP contribution >= 0.6 is 11.3 Å². The van der Waals surface area contributed by atoms with Gasteiger partial charge in [-0.3, -0.25) is 20.1 Å². The van der Waals surface area contributed by atoms with Crippen LogP contribution in [0.5, 0.6) is 0 Å². The predicted molar refractivity (Wildman–Crippen MR) is 112 cm³/mol. The maximum atomic E-state index is 12.6. The lowest BCUT2D eigenvalue weighted by molar-refractivity contribution is 0.102. The minimum absolute atomic E-state index is 0.195. The fourth-order valence-corrected chi connectivity index (χ4v) is 4.35. The molecule has 5 nitrogen and oxygen atoms in total. The van der Waals surface area contributed by atoms with Gasteiger partial charge in [-0.1, -0.05) is 12.1 Å². The molecular weight excluding hydrogens is 368 g/mol. The average molecular weight is 386 g/mol. The summed E-state index contributed by atoms with van der Waals surface area (Å²) in [6.07, 6.45) is 8.10. The van der Waals surface area contributed by atoms with Gasteiger partial charge in [0.25, 0.3) is 5.91 Å². The molecule has 0 aliphatic heterocycles. The van der Waals surface area contributed by atoms with Gasteiger partial charge >= 0.3 is 0 Å². The van der Waals surface area contributed by atoms with Crippen molar-refractivity contribution in [2.75, 3.05) is 5.32 Å². The van der Waals surface area contributed by atoms with Crippen LogP contribution in [-0.2, 0) is 12.8 Å². The van der Waals surface area contributed by atoms with Gasteiger partial charge < -0.3 is 0 Å². The summed E-state index contributed by atoms with van der Waals surface area (Å²) in [6, 6.07) is 11.9. The Morgan fingerprint density at radius 2 is 1.75 bits per heavy atom. The monoisotopic (exact) mass is 386 g/mol. The fourth-order valence-electron chi connectivity index (χ4n) is 3.63. The van der Waals surface area contributed by atoms with Gasteiger partial charge in [0.1, 0.15) is 0 Å². The number of anilines is 1. The number of hydrogen-bond acceptors (Lipinski definition) is 5. The third-order valence-electron chi connectivity index (χ3n) is 5.10. The van der Waals surface area contributed by atoms with Crippen molar-refractivity contribution < 1.29 is 4.79 Å². The van der Waals surface area contributed by atoms with Crippen molar-refractivity contribution in [3.63, 3.8) is 0 Å². The summed E-state index contributed by atoms with van der Waals surface area (Å²) in [5, 5.41) is 5.48. The molecule has 0 fully saturated rings. The van der Waals surface area contributed by atoms with Crippen LogP contribution in [0.15, 0.2) is 54.2 Å².